The van der Waals surface area contributed by atoms with Gasteiger partial charge in [-0.3, -0.25) is 4.79 Å². The Hall–Kier alpha value is -3.56. The molecule has 0 saturated heterocycles. The number of ether oxygens (including phenoxy) is 2. The van der Waals surface area contributed by atoms with Crippen LogP contribution in [-0.2, 0) is 0 Å². The number of carbonyl (C=O) groups excluding carboxylic acids is 1. The number of carbonyl (C=O) groups is 1. The summed E-state index contributed by atoms with van der Waals surface area (Å²) in [7, 11) is 0. The fourth-order valence-electron chi connectivity index (χ4n) is 2.90. The average molecular weight is 392 g/mol. The molecule has 1 aromatic heterocycles. The molecule has 3 aromatic rings. The number of fused-ring (bicyclic) bond motifs is 1. The van der Waals surface area contributed by atoms with Crippen molar-refractivity contribution in [3.8, 4) is 23.3 Å². The van der Waals surface area contributed by atoms with E-state index in [1.807, 2.05) is 36.4 Å². The predicted molar refractivity (Wildman–Crippen MR) is 104 cm³/mol. The zero-order valence-electron chi connectivity index (χ0n) is 14.8. The molecule has 0 amide bonds. The summed E-state index contributed by atoms with van der Waals surface area (Å²) < 4.78 is 12.1. The van der Waals surface area contributed by atoms with Crippen molar-refractivity contribution >= 4 is 23.5 Å². The summed E-state index contributed by atoms with van der Waals surface area (Å²) in [6.45, 7) is 1.89. The van der Waals surface area contributed by atoms with Crippen LogP contribution in [0.2, 0.25) is 5.15 Å². The first-order chi connectivity index (χ1) is 13.6. The number of aryl methyl sites for hydroxylation is 1. The molecule has 0 aliphatic carbocycles. The summed E-state index contributed by atoms with van der Waals surface area (Å²) in [5.41, 5.74) is 2.21. The molecule has 6 nitrogen and oxygen atoms in total. The highest BCUT2D eigenvalue weighted by Crippen LogP contribution is 2.33. The summed E-state index contributed by atoms with van der Waals surface area (Å²) in [6.07, 6.45) is 1.47. The van der Waals surface area contributed by atoms with Gasteiger partial charge in [0.15, 0.2) is 11.5 Å². The van der Waals surface area contributed by atoms with Crippen LogP contribution in [0.15, 0.2) is 54.1 Å². The van der Waals surface area contributed by atoms with Gasteiger partial charge < -0.3 is 9.47 Å². The van der Waals surface area contributed by atoms with Gasteiger partial charge in [-0.2, -0.15) is 10.4 Å². The van der Waals surface area contributed by atoms with E-state index in [9.17, 15) is 10.1 Å². The normalized spacial score (nSPS) is 12.7. The Labute approximate surface area is 166 Å². The Morgan fingerprint density at radius 2 is 1.96 bits per heavy atom. The van der Waals surface area contributed by atoms with E-state index < -0.39 is 5.78 Å². The van der Waals surface area contributed by atoms with Gasteiger partial charge in [0, 0.05) is 11.1 Å². The van der Waals surface area contributed by atoms with E-state index in [0.29, 0.717) is 33.5 Å². The molecule has 28 heavy (non-hydrogen) atoms. The number of hydrogen-bond donors (Lipinski definition) is 0. The lowest BCUT2D eigenvalue weighted by Crippen LogP contribution is -2.02. The largest absolute Gasteiger partial charge is 0.454 e. The maximum Gasteiger partial charge on any atom is 0.231 e. The fourth-order valence-corrected chi connectivity index (χ4v) is 3.23. The first-order valence-corrected chi connectivity index (χ1v) is 8.83. The van der Waals surface area contributed by atoms with Gasteiger partial charge in [0.05, 0.1) is 11.4 Å². The molecular weight excluding hydrogens is 378 g/mol. The minimum absolute atomic E-state index is 0.0449. The van der Waals surface area contributed by atoms with Gasteiger partial charge in [0.25, 0.3) is 0 Å². The van der Waals surface area contributed by atoms with E-state index in [1.54, 1.807) is 29.8 Å². The van der Waals surface area contributed by atoms with Gasteiger partial charge in [-0.1, -0.05) is 29.8 Å². The molecule has 4 rings (SSSR count). The van der Waals surface area contributed by atoms with Crippen molar-refractivity contribution in [2.24, 2.45) is 0 Å². The number of halogens is 1. The molecule has 0 bridgehead atoms. The molecule has 0 atom stereocenters. The van der Waals surface area contributed by atoms with Crippen molar-refractivity contribution in [2.75, 3.05) is 6.79 Å². The summed E-state index contributed by atoms with van der Waals surface area (Å²) in [4.78, 5) is 12.8. The molecule has 138 valence electrons. The Balaban J connectivity index is 1.72. The Morgan fingerprint density at radius 3 is 2.71 bits per heavy atom. The lowest BCUT2D eigenvalue weighted by molar-refractivity contribution is 0.103. The molecule has 1 aliphatic heterocycles. The summed E-state index contributed by atoms with van der Waals surface area (Å²) in [5.74, 6) is 0.625. The highest BCUT2D eigenvalue weighted by atomic mass is 35.5. The molecule has 1 aliphatic rings. The molecule has 0 N–H and O–H groups in total. The smallest absolute Gasteiger partial charge is 0.231 e. The molecule has 0 radical (unpaired) electrons. The Kier molecular flexibility index (Phi) is 4.60. The van der Waals surface area contributed by atoms with E-state index >= 15 is 0 Å². The van der Waals surface area contributed by atoms with E-state index in [2.05, 4.69) is 5.10 Å². The van der Waals surface area contributed by atoms with Gasteiger partial charge in [-0.05, 0) is 43.3 Å². The minimum atomic E-state index is -0.427. The van der Waals surface area contributed by atoms with Crippen molar-refractivity contribution in [1.29, 1.82) is 5.26 Å². The van der Waals surface area contributed by atoms with Crippen molar-refractivity contribution in [2.45, 2.75) is 6.92 Å². The minimum Gasteiger partial charge on any atom is -0.454 e. The van der Waals surface area contributed by atoms with Crippen LogP contribution < -0.4 is 9.47 Å². The zero-order valence-corrected chi connectivity index (χ0v) is 15.6. The second-order valence-corrected chi connectivity index (χ2v) is 6.46. The Morgan fingerprint density at radius 1 is 1.21 bits per heavy atom. The maximum absolute atomic E-state index is 12.8. The van der Waals surface area contributed by atoms with Gasteiger partial charge in [0.1, 0.15) is 16.8 Å². The third-order valence-corrected chi connectivity index (χ3v) is 4.70. The van der Waals surface area contributed by atoms with Crippen LogP contribution in [0.1, 0.15) is 21.6 Å². The topological polar surface area (TPSA) is 77.1 Å². The molecular formula is C21H14ClN3O3. The third kappa shape index (κ3) is 3.13. The van der Waals surface area contributed by atoms with E-state index in [4.69, 9.17) is 21.1 Å². The fraction of sp³-hybridized carbons (Fsp3) is 0.0952. The summed E-state index contributed by atoms with van der Waals surface area (Å²) in [6, 6.07) is 16.2. The number of nitrogens with zero attached hydrogens (tertiary/aromatic N) is 3. The van der Waals surface area contributed by atoms with Crippen LogP contribution in [0.3, 0.4) is 0 Å². The second kappa shape index (κ2) is 7.22. The van der Waals surface area contributed by atoms with Gasteiger partial charge in [-0.15, -0.1) is 0 Å². The zero-order chi connectivity index (χ0) is 19.7. The van der Waals surface area contributed by atoms with Crippen LogP contribution in [0.25, 0.3) is 11.8 Å². The van der Waals surface area contributed by atoms with Crippen LogP contribution in [-0.4, -0.2) is 22.4 Å². The number of ketones is 1. The summed E-state index contributed by atoms with van der Waals surface area (Å²) in [5, 5.41) is 14.3. The number of nitriles is 1. The second-order valence-electron chi connectivity index (χ2n) is 6.10. The van der Waals surface area contributed by atoms with E-state index in [0.717, 1.165) is 5.69 Å². The Bertz CT molecular complexity index is 1140. The monoisotopic (exact) mass is 391 g/mol. The van der Waals surface area contributed by atoms with Crippen LogP contribution in [0, 0.1) is 18.3 Å². The first kappa shape index (κ1) is 17.8. The van der Waals surface area contributed by atoms with Crippen LogP contribution in [0.5, 0.6) is 11.5 Å². The molecule has 0 unspecified atom stereocenters. The van der Waals surface area contributed by atoms with E-state index in [-0.39, 0.29) is 12.4 Å². The van der Waals surface area contributed by atoms with Crippen LogP contribution >= 0.6 is 11.6 Å². The maximum atomic E-state index is 12.8. The first-order valence-electron chi connectivity index (χ1n) is 8.45. The number of allylic oxidation sites excluding steroid dienone is 1. The van der Waals surface area contributed by atoms with Gasteiger partial charge in [0.2, 0.25) is 12.6 Å². The molecule has 0 fully saturated rings. The molecule has 7 heteroatoms. The molecule has 0 spiro atoms. The molecule has 0 saturated carbocycles. The number of aromatic nitrogens is 2. The quantitative estimate of drug-likeness (QED) is 0.375. The van der Waals surface area contributed by atoms with Gasteiger partial charge >= 0.3 is 0 Å². The molecule has 2 aromatic carbocycles. The lowest BCUT2D eigenvalue weighted by Gasteiger charge is -2.03. The standard InChI is InChI=1S/C21H14ClN3O3/c1-13-17(21(22)25(24-13)16-5-3-2-4-6-16)9-15(11-23)20(26)14-7-8-18-19(10-14)28-12-27-18/h2-10H,12H2,1H3/b15-9+. The number of benzene rings is 2. The van der Waals surface area contributed by atoms with Crippen molar-refractivity contribution in [3.63, 3.8) is 0 Å². The number of rotatable bonds is 4. The molecule has 2 heterocycles. The number of Topliss-reactive ketones (excluding diaryl/α,β-unsaturated/α-hetero) is 1. The van der Waals surface area contributed by atoms with Crippen molar-refractivity contribution in [1.82, 2.24) is 9.78 Å². The highest BCUT2D eigenvalue weighted by molar-refractivity contribution is 6.31. The highest BCUT2D eigenvalue weighted by Gasteiger charge is 2.20. The number of hydrogen-bond acceptors (Lipinski definition) is 5. The van der Waals surface area contributed by atoms with Crippen molar-refractivity contribution in [3.05, 3.63) is 76.1 Å². The van der Waals surface area contributed by atoms with Crippen LogP contribution in [0.4, 0.5) is 0 Å². The van der Waals surface area contributed by atoms with E-state index in [1.165, 1.54) is 6.08 Å². The predicted octanol–water partition coefficient (Wildman–Crippen LogP) is 4.35. The number of para-hydroxylation sites is 1. The summed E-state index contributed by atoms with van der Waals surface area (Å²) >= 11 is 6.49. The average Bonchev–Trinajstić information content (AvgIpc) is 3.30. The van der Waals surface area contributed by atoms with Crippen molar-refractivity contribution < 1.29 is 14.3 Å². The lowest BCUT2D eigenvalue weighted by atomic mass is 10.0. The SMILES string of the molecule is Cc1nn(-c2ccccc2)c(Cl)c1/C=C(\C#N)C(=O)c1ccc2c(c1)OCO2. The van der Waals surface area contributed by atoms with Gasteiger partial charge in [-0.25, -0.2) is 4.68 Å². The third-order valence-electron chi connectivity index (χ3n) is 4.34.